The van der Waals surface area contributed by atoms with Crippen molar-refractivity contribution in [2.24, 2.45) is 0 Å². The van der Waals surface area contributed by atoms with Crippen molar-refractivity contribution in [3.8, 4) is 23.2 Å². The van der Waals surface area contributed by atoms with Gasteiger partial charge in [0, 0.05) is 61.1 Å². The molecule has 3 heterocycles. The topological polar surface area (TPSA) is 108 Å². The van der Waals surface area contributed by atoms with E-state index < -0.39 is 9.84 Å². The Morgan fingerprint density at radius 2 is 1.83 bits per heavy atom. The average Bonchev–Trinajstić information content (AvgIpc) is 3.65. The van der Waals surface area contributed by atoms with Crippen LogP contribution in [-0.2, 0) is 32.4 Å². The fraction of sp³-hybridized carbons (Fsp3) is 0.375. The lowest BCUT2D eigenvalue weighted by molar-refractivity contribution is -0.188. The molecule has 1 saturated heterocycles. The van der Waals surface area contributed by atoms with Gasteiger partial charge in [-0.25, -0.2) is 13.4 Å². The maximum atomic E-state index is 11.2. The van der Waals surface area contributed by atoms with Gasteiger partial charge in [-0.15, -0.1) is 0 Å². The fourth-order valence-corrected chi connectivity index (χ4v) is 5.19. The van der Waals surface area contributed by atoms with Crippen molar-refractivity contribution in [2.75, 3.05) is 25.2 Å². The number of imidazole rings is 1. The van der Waals surface area contributed by atoms with Crippen molar-refractivity contribution in [1.82, 2.24) is 20.0 Å². The Morgan fingerprint density at radius 1 is 1.10 bits per heavy atom. The number of nitrogens with zero attached hydrogens (tertiary/aromatic N) is 3. The van der Waals surface area contributed by atoms with E-state index in [1.165, 1.54) is 6.26 Å². The molecule has 2 aromatic carbocycles. The van der Waals surface area contributed by atoms with Gasteiger partial charge in [-0.1, -0.05) is 29.1 Å². The summed E-state index contributed by atoms with van der Waals surface area (Å²) in [6.45, 7) is 4.31. The first-order chi connectivity index (χ1) is 20.3. The second-order valence-electron chi connectivity index (χ2n) is 10.5. The third-order valence-electron chi connectivity index (χ3n) is 6.95. The number of hydrogen-bond donors (Lipinski definition) is 1. The molecule has 220 valence electrons. The summed E-state index contributed by atoms with van der Waals surface area (Å²) in [6.07, 6.45) is 7.67. The second-order valence-corrected chi connectivity index (χ2v) is 12.8. The van der Waals surface area contributed by atoms with Crippen LogP contribution in [0.4, 0.5) is 0 Å². The molecule has 1 fully saturated rings. The lowest BCUT2D eigenvalue weighted by atomic mass is 10.1. The van der Waals surface area contributed by atoms with E-state index in [-0.39, 0.29) is 18.1 Å². The van der Waals surface area contributed by atoms with Crippen molar-refractivity contribution in [3.05, 3.63) is 95.2 Å². The number of sulfone groups is 1. The summed E-state index contributed by atoms with van der Waals surface area (Å²) in [5.41, 5.74) is 4.59. The van der Waals surface area contributed by atoms with E-state index in [1.807, 2.05) is 72.3 Å². The molecule has 0 bridgehead atoms. The minimum absolute atomic E-state index is 0.130. The number of benzene rings is 2. The molecule has 0 radical (unpaired) electrons. The minimum Gasteiger partial charge on any atom is -0.356 e. The Balaban J connectivity index is 1.15. The molecule has 0 amide bonds. The minimum atomic E-state index is -2.95. The summed E-state index contributed by atoms with van der Waals surface area (Å²) >= 11 is 0. The smallest absolute Gasteiger partial charge is 0.167 e. The predicted molar refractivity (Wildman–Crippen MR) is 160 cm³/mol. The quantitative estimate of drug-likeness (QED) is 0.198. The molecule has 1 unspecified atom stereocenters. The molecule has 42 heavy (non-hydrogen) atoms. The predicted octanol–water partition coefficient (Wildman–Crippen LogP) is 4.72. The number of hydrogen-bond acceptors (Lipinski definition) is 8. The molecule has 0 spiro atoms. The van der Waals surface area contributed by atoms with Gasteiger partial charge in [-0.3, -0.25) is 0 Å². The van der Waals surface area contributed by atoms with Crippen LogP contribution in [0.5, 0.6) is 0 Å². The number of nitrogens with one attached hydrogen (secondary N) is 1. The Labute approximate surface area is 247 Å². The molecular weight excluding hydrogens is 552 g/mol. The van der Waals surface area contributed by atoms with Crippen LogP contribution in [0.15, 0.2) is 71.5 Å². The van der Waals surface area contributed by atoms with Crippen molar-refractivity contribution in [2.45, 2.75) is 51.7 Å². The van der Waals surface area contributed by atoms with Gasteiger partial charge in [-0.2, -0.15) is 0 Å². The van der Waals surface area contributed by atoms with E-state index in [4.69, 9.17) is 14.0 Å². The van der Waals surface area contributed by atoms with E-state index in [2.05, 4.69) is 27.3 Å². The Morgan fingerprint density at radius 3 is 2.52 bits per heavy atom. The van der Waals surface area contributed by atoms with Crippen molar-refractivity contribution < 1.29 is 22.4 Å². The molecule has 1 N–H and O–H groups in total. The van der Waals surface area contributed by atoms with E-state index in [9.17, 15) is 8.42 Å². The average molecular weight is 589 g/mol. The first-order valence-electron chi connectivity index (χ1n) is 14.2. The van der Waals surface area contributed by atoms with E-state index in [0.717, 1.165) is 59.6 Å². The fourth-order valence-electron chi connectivity index (χ4n) is 4.68. The summed E-state index contributed by atoms with van der Waals surface area (Å²) in [5.74, 6) is 8.03. The first-order valence-corrected chi connectivity index (χ1v) is 16.2. The SMILES string of the molecule is C[C@H](OC1CCCCO1)c1nccn1Cc1cc(-c2ccc(C#Cc3ccc(CNCCS(C)(=O)=O)cc3)cc2)on1. The molecule has 0 saturated carbocycles. The first kappa shape index (κ1) is 29.7. The maximum absolute atomic E-state index is 11.2. The van der Waals surface area contributed by atoms with Gasteiger partial charge in [0.05, 0.1) is 12.3 Å². The molecule has 4 aromatic rings. The molecule has 1 aliphatic heterocycles. The lowest BCUT2D eigenvalue weighted by Crippen LogP contribution is -2.24. The van der Waals surface area contributed by atoms with Gasteiger partial charge < -0.3 is 23.9 Å². The van der Waals surface area contributed by atoms with Gasteiger partial charge in [0.2, 0.25) is 0 Å². The third kappa shape index (κ3) is 8.63. The highest BCUT2D eigenvalue weighted by Gasteiger charge is 2.21. The van der Waals surface area contributed by atoms with E-state index in [1.54, 1.807) is 6.20 Å². The van der Waals surface area contributed by atoms with Crippen molar-refractivity contribution in [3.63, 3.8) is 0 Å². The Hall–Kier alpha value is -3.75. The van der Waals surface area contributed by atoms with Gasteiger partial charge in [0.25, 0.3) is 0 Å². The van der Waals surface area contributed by atoms with Crippen LogP contribution < -0.4 is 5.32 Å². The van der Waals surface area contributed by atoms with Gasteiger partial charge in [0.15, 0.2) is 12.1 Å². The molecule has 5 rings (SSSR count). The molecule has 2 aromatic heterocycles. The summed E-state index contributed by atoms with van der Waals surface area (Å²) < 4.78 is 41.9. The van der Waals surface area contributed by atoms with Crippen LogP contribution in [0.1, 0.15) is 60.5 Å². The zero-order valence-electron chi connectivity index (χ0n) is 24.0. The van der Waals surface area contributed by atoms with Crippen LogP contribution >= 0.6 is 0 Å². The molecule has 9 nitrogen and oxygen atoms in total. The van der Waals surface area contributed by atoms with Crippen LogP contribution in [-0.4, -0.2) is 54.6 Å². The van der Waals surface area contributed by atoms with E-state index in [0.29, 0.717) is 25.4 Å². The van der Waals surface area contributed by atoms with Crippen LogP contribution in [0.25, 0.3) is 11.3 Å². The molecule has 10 heteroatoms. The number of rotatable bonds is 11. The zero-order valence-corrected chi connectivity index (χ0v) is 24.8. The maximum Gasteiger partial charge on any atom is 0.167 e. The Kier molecular flexibility index (Phi) is 9.87. The largest absolute Gasteiger partial charge is 0.356 e. The molecular formula is C32H36N4O5S. The van der Waals surface area contributed by atoms with Crippen LogP contribution in [0, 0.1) is 11.8 Å². The zero-order chi connectivity index (χ0) is 29.4. The van der Waals surface area contributed by atoms with Crippen LogP contribution in [0.3, 0.4) is 0 Å². The molecule has 0 aliphatic carbocycles. The van der Waals surface area contributed by atoms with Gasteiger partial charge in [-0.05, 0) is 68.1 Å². The summed E-state index contributed by atoms with van der Waals surface area (Å²) in [5, 5.41) is 7.42. The summed E-state index contributed by atoms with van der Waals surface area (Å²) in [6, 6.07) is 17.7. The van der Waals surface area contributed by atoms with Crippen molar-refractivity contribution >= 4 is 9.84 Å². The standard InChI is InChI=1S/C32H36N4O5S/c1-24(40-31-5-3-4-19-39-31)32-34-16-18-36(32)23-29-21-30(41-35-29)28-14-12-26(13-15-28)7-6-25-8-10-27(11-9-25)22-33-17-20-42(2,37)38/h8-16,18,21,24,31,33H,3-5,17,19-20,22-23H2,1-2H3/t24-,31?/m0/s1. The summed E-state index contributed by atoms with van der Waals surface area (Å²) in [4.78, 5) is 4.51. The monoisotopic (exact) mass is 588 g/mol. The highest BCUT2D eigenvalue weighted by atomic mass is 32.2. The van der Waals surface area contributed by atoms with E-state index >= 15 is 0 Å². The highest BCUT2D eigenvalue weighted by Crippen LogP contribution is 2.25. The summed E-state index contributed by atoms with van der Waals surface area (Å²) in [7, 11) is -2.95. The second kappa shape index (κ2) is 13.9. The van der Waals surface area contributed by atoms with Crippen LogP contribution in [0.2, 0.25) is 0 Å². The number of ether oxygens (including phenoxy) is 2. The normalized spacial score (nSPS) is 16.1. The molecule has 2 atom stereocenters. The lowest BCUT2D eigenvalue weighted by Gasteiger charge is -2.26. The molecule has 1 aliphatic rings. The number of aromatic nitrogens is 3. The Bertz CT molecular complexity index is 1610. The third-order valence-corrected chi connectivity index (χ3v) is 7.90. The van der Waals surface area contributed by atoms with Crippen molar-refractivity contribution in [1.29, 1.82) is 0 Å². The van der Waals surface area contributed by atoms with Gasteiger partial charge in [0.1, 0.15) is 27.5 Å². The van der Waals surface area contributed by atoms with Gasteiger partial charge >= 0.3 is 0 Å². The highest BCUT2D eigenvalue weighted by molar-refractivity contribution is 7.90.